The number of nitrogens with one attached hydrogen (secondary N) is 2. The van der Waals surface area contributed by atoms with Crippen LogP contribution in [0.25, 0.3) is 0 Å². The quantitative estimate of drug-likeness (QED) is 0.0393. The topological polar surface area (TPSA) is 122 Å². The molecule has 1 saturated heterocycles. The first kappa shape index (κ1) is 36.3. The number of rotatable bonds is 12. The Morgan fingerprint density at radius 1 is 0.980 bits per heavy atom. The number of carbonyl (C=O) groups is 3. The number of aromatic nitrogens is 1. The van der Waals surface area contributed by atoms with Crippen LogP contribution in [0.15, 0.2) is 113 Å². The number of amides is 2. The minimum atomic E-state index is -1.10. The molecule has 3 unspecified atom stereocenters. The zero-order valence-corrected chi connectivity index (χ0v) is 31.8. The van der Waals surface area contributed by atoms with E-state index in [9.17, 15) is 14.4 Å². The second-order valence-electron chi connectivity index (χ2n) is 13.0. The van der Waals surface area contributed by atoms with Crippen LogP contribution in [0.3, 0.4) is 0 Å². The van der Waals surface area contributed by atoms with E-state index in [-0.39, 0.29) is 22.7 Å². The van der Waals surface area contributed by atoms with Crippen LogP contribution in [0.1, 0.15) is 56.5 Å². The van der Waals surface area contributed by atoms with Crippen LogP contribution >= 0.6 is 39.0 Å². The zero-order valence-electron chi connectivity index (χ0n) is 28.5. The molecule has 2 aliphatic heterocycles. The fourth-order valence-corrected chi connectivity index (χ4v) is 8.52. The highest BCUT2D eigenvalue weighted by Crippen LogP contribution is 2.41. The third-order valence-electron chi connectivity index (χ3n) is 8.22. The van der Waals surface area contributed by atoms with Crippen molar-refractivity contribution in [2.24, 2.45) is 5.16 Å². The Balaban J connectivity index is 1.36. The van der Waals surface area contributed by atoms with Crippen LogP contribution < -0.4 is 10.6 Å². The molecule has 6 rings (SSSR count). The maximum absolute atomic E-state index is 14.1. The summed E-state index contributed by atoms with van der Waals surface area (Å²) in [6.45, 7) is 6.80. The summed E-state index contributed by atoms with van der Waals surface area (Å²) in [6, 6.07) is 30.4. The van der Waals surface area contributed by atoms with Crippen molar-refractivity contribution in [1.29, 1.82) is 0 Å². The van der Waals surface area contributed by atoms with Gasteiger partial charge in [-0.15, -0.1) is 23.1 Å². The predicted octanol–water partition coefficient (Wildman–Crippen LogP) is 7.02. The first-order chi connectivity index (χ1) is 24.5. The minimum Gasteiger partial charge on any atom is -0.457 e. The summed E-state index contributed by atoms with van der Waals surface area (Å²) in [4.78, 5) is 51.1. The van der Waals surface area contributed by atoms with Gasteiger partial charge in [-0.05, 0) is 50.0 Å². The van der Waals surface area contributed by atoms with Crippen LogP contribution in [0, 0.1) is 0 Å². The third kappa shape index (κ3) is 8.05. The van der Waals surface area contributed by atoms with Gasteiger partial charge in [-0.3, -0.25) is 9.59 Å². The smallest absolute Gasteiger partial charge is 0.350 e. The second kappa shape index (κ2) is 15.4. The molecule has 4 aromatic rings. The summed E-state index contributed by atoms with van der Waals surface area (Å²) >= 11 is 6.29. The van der Waals surface area contributed by atoms with Crippen molar-refractivity contribution < 1.29 is 24.0 Å². The highest BCUT2D eigenvalue weighted by atomic mass is 79.9. The molecule has 2 amide bonds. The summed E-state index contributed by atoms with van der Waals surface area (Å²) in [5, 5.41) is 13.2. The molecule has 1 aromatic heterocycles. The van der Waals surface area contributed by atoms with Crippen molar-refractivity contribution >= 4 is 67.7 Å². The van der Waals surface area contributed by atoms with E-state index < -0.39 is 34.5 Å². The molecule has 1 fully saturated rings. The predicted molar refractivity (Wildman–Crippen MR) is 205 cm³/mol. The van der Waals surface area contributed by atoms with E-state index in [4.69, 9.17) is 14.6 Å². The van der Waals surface area contributed by atoms with Gasteiger partial charge in [0.1, 0.15) is 22.2 Å². The summed E-state index contributed by atoms with van der Waals surface area (Å²) < 4.78 is 5.46. The number of fused-ring (bicyclic) bond motifs is 1. The van der Waals surface area contributed by atoms with E-state index in [0.29, 0.717) is 16.9 Å². The molecule has 0 aliphatic carbocycles. The average molecular weight is 789 g/mol. The van der Waals surface area contributed by atoms with E-state index in [1.54, 1.807) is 37.3 Å². The average Bonchev–Trinajstić information content (AvgIpc) is 3.58. The lowest BCUT2D eigenvalue weighted by molar-refractivity contribution is -0.167. The van der Waals surface area contributed by atoms with Crippen LogP contribution in [0.2, 0.25) is 0 Å². The van der Waals surface area contributed by atoms with Crippen molar-refractivity contribution in [3.8, 4) is 0 Å². The Bertz CT molecular complexity index is 1840. The van der Waals surface area contributed by atoms with Gasteiger partial charge in [0.15, 0.2) is 10.8 Å². The van der Waals surface area contributed by atoms with Gasteiger partial charge in [0.2, 0.25) is 12.0 Å². The number of β-lactam (4-membered cyclic amide) rings is 1. The standard InChI is InChI=1S/C38H38BrN5O5S2/c1-24(35(47)48-37(2,3)4)49-43-32(33(46)41-34-25(21-39)22-44-30(45)20-31(44)51-34)29-23-50-36(40-29)42-38(26-14-8-5-9-15-26,27-16-10-6-11-17-27)28-18-12-7-13-19-28/h5-19,22-24,31,34H,20-21H2,1-4H3,(H,40,42)(H,41,46)/b43-32-. The van der Waals surface area contributed by atoms with Crippen LogP contribution in [0.5, 0.6) is 0 Å². The first-order valence-corrected chi connectivity index (χ1v) is 19.3. The van der Waals surface area contributed by atoms with Gasteiger partial charge >= 0.3 is 5.97 Å². The molecule has 0 spiro atoms. The van der Waals surface area contributed by atoms with Crippen molar-refractivity contribution in [1.82, 2.24) is 15.2 Å². The summed E-state index contributed by atoms with van der Waals surface area (Å²) in [5.41, 5.74) is 2.36. The van der Waals surface area contributed by atoms with Crippen molar-refractivity contribution in [3.63, 3.8) is 0 Å². The number of esters is 1. The summed E-state index contributed by atoms with van der Waals surface area (Å²) in [5.74, 6) is -1.12. The Kier molecular flexibility index (Phi) is 11.0. The number of alkyl halides is 1. The Morgan fingerprint density at radius 3 is 2.06 bits per heavy atom. The monoisotopic (exact) mass is 787 g/mol. The van der Waals surface area contributed by atoms with Gasteiger partial charge < -0.3 is 25.1 Å². The zero-order chi connectivity index (χ0) is 36.2. The number of anilines is 1. The number of nitrogens with zero attached hydrogens (tertiary/aromatic N) is 3. The first-order valence-electron chi connectivity index (χ1n) is 16.4. The maximum atomic E-state index is 14.1. The lowest BCUT2D eigenvalue weighted by atomic mass is 9.77. The van der Waals surface area contributed by atoms with Crippen molar-refractivity contribution in [2.75, 3.05) is 10.6 Å². The van der Waals surface area contributed by atoms with Gasteiger partial charge in [-0.25, -0.2) is 9.78 Å². The molecule has 2 N–H and O–H groups in total. The molecular weight excluding hydrogens is 750 g/mol. The van der Waals surface area contributed by atoms with E-state index in [2.05, 4.69) is 68.1 Å². The molecule has 3 aromatic carbocycles. The lowest BCUT2D eigenvalue weighted by Gasteiger charge is -2.44. The van der Waals surface area contributed by atoms with Gasteiger partial charge in [0, 0.05) is 16.9 Å². The fraction of sp³-hybridized carbons (Fsp3) is 0.289. The maximum Gasteiger partial charge on any atom is 0.350 e. The highest BCUT2D eigenvalue weighted by Gasteiger charge is 2.42. The minimum absolute atomic E-state index is 0.0441. The molecule has 0 saturated carbocycles. The molecular formula is C38H38BrN5O5S2. The lowest BCUT2D eigenvalue weighted by Crippen LogP contribution is -2.53. The van der Waals surface area contributed by atoms with Gasteiger partial charge in [-0.2, -0.15) is 0 Å². The van der Waals surface area contributed by atoms with Crippen molar-refractivity contribution in [2.45, 2.75) is 62.1 Å². The van der Waals surface area contributed by atoms with Crippen LogP contribution in [0.4, 0.5) is 5.13 Å². The number of carbonyl (C=O) groups excluding carboxylic acids is 3. The van der Waals surface area contributed by atoms with E-state index in [0.717, 1.165) is 22.3 Å². The molecule has 3 heterocycles. The largest absolute Gasteiger partial charge is 0.457 e. The van der Waals surface area contributed by atoms with Crippen molar-refractivity contribution in [3.05, 3.63) is 131 Å². The number of thioether (sulfide) groups is 1. The van der Waals surface area contributed by atoms with Crippen LogP contribution in [-0.2, 0) is 29.5 Å². The highest BCUT2D eigenvalue weighted by molar-refractivity contribution is 9.09. The van der Waals surface area contributed by atoms with Gasteiger partial charge in [0.05, 0.1) is 11.8 Å². The van der Waals surface area contributed by atoms with E-state index in [1.165, 1.54) is 30.0 Å². The van der Waals surface area contributed by atoms with Crippen LogP contribution in [-0.4, -0.2) is 61.2 Å². The number of halogens is 1. The summed E-state index contributed by atoms with van der Waals surface area (Å²) in [7, 11) is 0. The molecule has 0 bridgehead atoms. The molecule has 0 radical (unpaired) electrons. The molecule has 13 heteroatoms. The number of hydrogen-bond donors (Lipinski definition) is 2. The molecule has 51 heavy (non-hydrogen) atoms. The van der Waals surface area contributed by atoms with E-state index in [1.807, 2.05) is 54.6 Å². The SMILES string of the molecule is CC(O/N=C(\C(=O)NC1SC2CC(=O)N2C=C1CBr)c1csc(NC(c2ccccc2)(c2ccccc2)c2ccccc2)n1)C(=O)OC(C)(C)C. The normalized spacial score (nSPS) is 18.1. The number of oxime groups is 1. The Morgan fingerprint density at radius 2 is 1.55 bits per heavy atom. The summed E-state index contributed by atoms with van der Waals surface area (Å²) in [6.07, 6.45) is 1.08. The number of ether oxygens (including phenoxy) is 1. The molecule has 2 aliphatic rings. The number of benzene rings is 3. The molecule has 264 valence electrons. The number of thiazole rings is 1. The van der Waals surface area contributed by atoms with Gasteiger partial charge in [-0.1, -0.05) is 112 Å². The Hall–Kier alpha value is -4.46. The molecule has 10 nitrogen and oxygen atoms in total. The second-order valence-corrected chi connectivity index (χ2v) is 15.7. The molecule has 3 atom stereocenters. The fourth-order valence-electron chi connectivity index (χ4n) is 5.73. The van der Waals surface area contributed by atoms with E-state index >= 15 is 0 Å². The third-order valence-corrected chi connectivity index (χ3v) is 11.0. The Labute approximate surface area is 313 Å². The van der Waals surface area contributed by atoms with Gasteiger partial charge in [0.25, 0.3) is 5.91 Å². The number of hydrogen-bond acceptors (Lipinski definition) is 10.